The predicted molar refractivity (Wildman–Crippen MR) is 82.9 cm³/mol. The Hall–Kier alpha value is -3.02. The number of nitrogens with zero attached hydrogens (tertiary/aromatic N) is 1. The number of para-hydroxylation sites is 2. The van der Waals surface area contributed by atoms with Crippen molar-refractivity contribution in [2.24, 2.45) is 0 Å². The van der Waals surface area contributed by atoms with E-state index in [4.69, 9.17) is 9.47 Å². The van der Waals surface area contributed by atoms with E-state index in [0.29, 0.717) is 11.4 Å². The van der Waals surface area contributed by atoms with Crippen LogP contribution in [0.2, 0.25) is 0 Å². The highest BCUT2D eigenvalue weighted by Crippen LogP contribution is 2.39. The van der Waals surface area contributed by atoms with E-state index in [1.807, 2.05) is 0 Å². The van der Waals surface area contributed by atoms with Crippen molar-refractivity contribution in [1.29, 1.82) is 0 Å². The van der Waals surface area contributed by atoms with Crippen LogP contribution in [0.5, 0.6) is 17.2 Å². The molecule has 1 aliphatic heterocycles. The molecule has 1 heterocycles. The largest absolute Gasteiger partial charge is 0.508 e. The molecule has 0 radical (unpaired) electrons. The molecule has 2 aromatic rings. The number of carbonyl (C=O) groups is 2. The molecule has 0 fully saturated rings. The minimum atomic E-state index is -0.502. The highest BCUT2D eigenvalue weighted by Gasteiger charge is 2.30. The average molecular weight is 313 g/mol. The Balaban J connectivity index is 2.08. The van der Waals surface area contributed by atoms with Crippen LogP contribution < -0.4 is 9.64 Å². The van der Waals surface area contributed by atoms with Gasteiger partial charge in [-0.2, -0.15) is 0 Å². The van der Waals surface area contributed by atoms with Gasteiger partial charge in [0.25, 0.3) is 5.91 Å². The lowest BCUT2D eigenvalue weighted by Crippen LogP contribution is -2.36. The zero-order valence-corrected chi connectivity index (χ0v) is 12.5. The van der Waals surface area contributed by atoms with Crippen molar-refractivity contribution >= 4 is 17.6 Å². The summed E-state index contributed by atoms with van der Waals surface area (Å²) >= 11 is 0. The van der Waals surface area contributed by atoms with Gasteiger partial charge in [-0.05, 0) is 31.2 Å². The number of esters is 1. The van der Waals surface area contributed by atoms with E-state index in [2.05, 4.69) is 0 Å². The number of carbonyl (C=O) groups excluding carboxylic acids is 2. The molecule has 0 aromatic heterocycles. The molecular formula is C17H15NO5. The Bertz CT molecular complexity index is 771. The predicted octanol–water partition coefficient (Wildman–Crippen LogP) is 2.71. The fourth-order valence-corrected chi connectivity index (χ4v) is 2.40. The van der Waals surface area contributed by atoms with Gasteiger partial charge < -0.3 is 14.6 Å². The van der Waals surface area contributed by atoms with Crippen LogP contribution in [0.4, 0.5) is 5.69 Å². The standard InChI is InChI=1S/C17H15NO5/c1-2-22-16(20)10-18-13-5-3-4-6-14(13)23-15-9-11(19)7-8-12(15)17(18)21/h3-9,19H,2,10H2,1H3. The van der Waals surface area contributed by atoms with Crippen LogP contribution in [0.3, 0.4) is 0 Å². The fraction of sp³-hybridized carbons (Fsp3) is 0.176. The topological polar surface area (TPSA) is 76.1 Å². The number of aromatic hydroxyl groups is 1. The van der Waals surface area contributed by atoms with Gasteiger partial charge in [-0.3, -0.25) is 14.5 Å². The van der Waals surface area contributed by atoms with Crippen LogP contribution in [-0.2, 0) is 9.53 Å². The smallest absolute Gasteiger partial charge is 0.326 e. The van der Waals surface area contributed by atoms with E-state index in [1.165, 1.54) is 23.1 Å². The molecule has 6 nitrogen and oxygen atoms in total. The van der Waals surface area contributed by atoms with Gasteiger partial charge in [-0.15, -0.1) is 0 Å². The van der Waals surface area contributed by atoms with E-state index in [1.54, 1.807) is 31.2 Å². The van der Waals surface area contributed by atoms with Crippen molar-refractivity contribution in [2.75, 3.05) is 18.1 Å². The molecule has 23 heavy (non-hydrogen) atoms. The van der Waals surface area contributed by atoms with E-state index in [0.717, 1.165) is 0 Å². The van der Waals surface area contributed by atoms with Crippen molar-refractivity contribution in [2.45, 2.75) is 6.92 Å². The summed E-state index contributed by atoms with van der Waals surface area (Å²) in [6.45, 7) is 1.73. The molecule has 118 valence electrons. The summed E-state index contributed by atoms with van der Waals surface area (Å²) in [5.74, 6) is -0.230. The maximum Gasteiger partial charge on any atom is 0.326 e. The Morgan fingerprint density at radius 3 is 2.78 bits per heavy atom. The van der Waals surface area contributed by atoms with Gasteiger partial charge in [0.15, 0.2) is 5.75 Å². The Morgan fingerprint density at radius 1 is 1.22 bits per heavy atom. The van der Waals surface area contributed by atoms with Gasteiger partial charge in [-0.1, -0.05) is 12.1 Å². The number of phenols is 1. The second kappa shape index (κ2) is 6.00. The van der Waals surface area contributed by atoms with Crippen molar-refractivity contribution in [1.82, 2.24) is 0 Å². The zero-order chi connectivity index (χ0) is 16.4. The SMILES string of the molecule is CCOC(=O)CN1C(=O)c2ccc(O)cc2Oc2ccccc21. The Kier molecular flexibility index (Phi) is 3.89. The first-order chi connectivity index (χ1) is 11.1. The maximum absolute atomic E-state index is 12.8. The molecule has 6 heteroatoms. The number of amides is 1. The number of hydrogen-bond acceptors (Lipinski definition) is 5. The minimum Gasteiger partial charge on any atom is -0.508 e. The molecule has 0 bridgehead atoms. The molecule has 1 amide bonds. The van der Waals surface area contributed by atoms with Crippen molar-refractivity contribution in [3.8, 4) is 17.2 Å². The second-order valence-electron chi connectivity index (χ2n) is 4.95. The number of phenolic OH excluding ortho intramolecular Hbond substituents is 1. The number of benzene rings is 2. The lowest BCUT2D eigenvalue weighted by atomic mass is 10.1. The summed E-state index contributed by atoms with van der Waals surface area (Å²) in [5.41, 5.74) is 0.740. The molecule has 2 aromatic carbocycles. The van der Waals surface area contributed by atoms with Gasteiger partial charge in [0, 0.05) is 6.07 Å². The first-order valence-corrected chi connectivity index (χ1v) is 7.17. The third-order valence-electron chi connectivity index (χ3n) is 3.41. The molecule has 0 unspecified atom stereocenters. The molecule has 0 atom stereocenters. The zero-order valence-electron chi connectivity index (χ0n) is 12.5. The third kappa shape index (κ3) is 2.83. The normalized spacial score (nSPS) is 12.7. The van der Waals surface area contributed by atoms with Gasteiger partial charge >= 0.3 is 5.97 Å². The summed E-state index contributed by atoms with van der Waals surface area (Å²) in [7, 11) is 0. The minimum absolute atomic E-state index is 0.00660. The molecule has 1 N–H and O–H groups in total. The van der Waals surface area contributed by atoms with E-state index in [9.17, 15) is 14.7 Å². The van der Waals surface area contributed by atoms with Crippen molar-refractivity contribution < 1.29 is 24.2 Å². The maximum atomic E-state index is 12.8. The molecule has 1 aliphatic rings. The summed E-state index contributed by atoms with van der Waals surface area (Å²) in [6.07, 6.45) is 0. The summed E-state index contributed by atoms with van der Waals surface area (Å²) in [4.78, 5) is 26.0. The van der Waals surface area contributed by atoms with E-state index >= 15 is 0 Å². The van der Waals surface area contributed by atoms with Crippen molar-refractivity contribution in [3.05, 3.63) is 48.0 Å². The summed E-state index contributed by atoms with van der Waals surface area (Å²) < 4.78 is 10.7. The van der Waals surface area contributed by atoms with Gasteiger partial charge in [0.1, 0.15) is 18.0 Å². The van der Waals surface area contributed by atoms with Gasteiger partial charge in [-0.25, -0.2) is 0 Å². The number of hydrogen-bond donors (Lipinski definition) is 1. The highest BCUT2D eigenvalue weighted by atomic mass is 16.5. The third-order valence-corrected chi connectivity index (χ3v) is 3.41. The second-order valence-corrected chi connectivity index (χ2v) is 4.95. The first-order valence-electron chi connectivity index (χ1n) is 7.17. The van der Waals surface area contributed by atoms with Crippen LogP contribution in [0, 0.1) is 0 Å². The molecule has 0 spiro atoms. The molecule has 0 saturated carbocycles. The monoisotopic (exact) mass is 313 g/mol. The quantitative estimate of drug-likeness (QED) is 0.882. The van der Waals surface area contributed by atoms with E-state index in [-0.39, 0.29) is 30.2 Å². The number of fused-ring (bicyclic) bond motifs is 2. The summed E-state index contributed by atoms with van der Waals surface area (Å²) in [6, 6.07) is 11.1. The molecule has 0 aliphatic carbocycles. The first kappa shape index (κ1) is 14.9. The van der Waals surface area contributed by atoms with E-state index < -0.39 is 11.9 Å². The van der Waals surface area contributed by atoms with Gasteiger partial charge in [0.05, 0.1) is 17.9 Å². The molecule has 0 saturated heterocycles. The van der Waals surface area contributed by atoms with Gasteiger partial charge in [0.2, 0.25) is 0 Å². The highest BCUT2D eigenvalue weighted by molar-refractivity contribution is 6.11. The molecule has 3 rings (SSSR count). The lowest BCUT2D eigenvalue weighted by molar-refractivity contribution is -0.141. The fourth-order valence-electron chi connectivity index (χ4n) is 2.40. The number of anilines is 1. The summed E-state index contributed by atoms with van der Waals surface area (Å²) in [5, 5.41) is 9.62. The molecular weight excluding hydrogens is 298 g/mol. The Morgan fingerprint density at radius 2 is 2.00 bits per heavy atom. The van der Waals surface area contributed by atoms with Crippen LogP contribution in [-0.4, -0.2) is 30.1 Å². The number of ether oxygens (including phenoxy) is 2. The van der Waals surface area contributed by atoms with Crippen LogP contribution >= 0.6 is 0 Å². The average Bonchev–Trinajstić information content (AvgIpc) is 2.63. The lowest BCUT2D eigenvalue weighted by Gasteiger charge is -2.20. The van der Waals surface area contributed by atoms with Crippen LogP contribution in [0.15, 0.2) is 42.5 Å². The Labute approximate surface area is 132 Å². The van der Waals surface area contributed by atoms with Crippen LogP contribution in [0.25, 0.3) is 0 Å². The van der Waals surface area contributed by atoms with Crippen LogP contribution in [0.1, 0.15) is 17.3 Å². The van der Waals surface area contributed by atoms with Crippen molar-refractivity contribution in [3.63, 3.8) is 0 Å². The number of rotatable bonds is 3.